The minimum absolute atomic E-state index is 0.0783. The number of imide groups is 1. The Kier molecular flexibility index (Phi) is 10.8. The first-order valence-corrected chi connectivity index (χ1v) is 15.7. The molecule has 0 spiro atoms. The zero-order chi connectivity index (χ0) is 32.8. The van der Waals surface area contributed by atoms with Crippen LogP contribution in [0, 0.1) is 17.8 Å². The van der Waals surface area contributed by atoms with Crippen molar-refractivity contribution in [2.24, 2.45) is 17.8 Å². The molecule has 1 heterocycles. The maximum absolute atomic E-state index is 13.9. The second-order valence-corrected chi connectivity index (χ2v) is 12.0. The van der Waals surface area contributed by atoms with Gasteiger partial charge in [0, 0.05) is 5.92 Å². The first kappa shape index (κ1) is 33.2. The molecule has 3 aromatic rings. The molecule has 4 atom stereocenters. The Hall–Kier alpha value is -4.22. The van der Waals surface area contributed by atoms with Gasteiger partial charge >= 0.3 is 7.12 Å². The number of hydrogen-bond donors (Lipinski definition) is 5. The van der Waals surface area contributed by atoms with E-state index in [0.29, 0.717) is 29.7 Å². The number of para-hydroxylation sites is 1. The van der Waals surface area contributed by atoms with Crippen LogP contribution < -0.4 is 15.1 Å². The zero-order valence-corrected chi connectivity index (χ0v) is 25.8. The number of hydrogen-bond acceptors (Lipinski definition) is 8. The number of anilines is 1. The van der Waals surface area contributed by atoms with Gasteiger partial charge in [0.1, 0.15) is 18.1 Å². The second kappa shape index (κ2) is 14.9. The SMILES string of the molecule is CCC/C(=C\c1ccc(O)cc1)CC[C@@H](O)C1=C(COc2ccccc2)C[C@H]2C(=O)N(c3cccc(B(O)O)c3)C(=O)[C@H]2[C@H]1CO. The van der Waals surface area contributed by atoms with Crippen LogP contribution in [0.5, 0.6) is 11.5 Å². The van der Waals surface area contributed by atoms with Crippen LogP contribution in [0.15, 0.2) is 95.6 Å². The topological polar surface area (TPSA) is 148 Å². The fraction of sp³-hybridized carbons (Fsp3) is 0.333. The third kappa shape index (κ3) is 7.26. The number of aromatic hydroxyl groups is 1. The lowest BCUT2D eigenvalue weighted by Gasteiger charge is -2.36. The van der Waals surface area contributed by atoms with Crippen LogP contribution in [0.4, 0.5) is 5.69 Å². The smallest absolute Gasteiger partial charge is 0.488 e. The molecule has 9 nitrogen and oxygen atoms in total. The molecule has 240 valence electrons. The number of carbonyl (C=O) groups excluding carboxylic acids is 2. The van der Waals surface area contributed by atoms with E-state index in [1.165, 1.54) is 12.1 Å². The lowest BCUT2D eigenvalue weighted by atomic mass is 9.68. The number of fused-ring (bicyclic) bond motifs is 1. The summed E-state index contributed by atoms with van der Waals surface area (Å²) in [6.45, 7) is 1.71. The largest absolute Gasteiger partial charge is 0.508 e. The maximum Gasteiger partial charge on any atom is 0.488 e. The van der Waals surface area contributed by atoms with Crippen molar-refractivity contribution in [3.05, 3.63) is 101 Å². The molecule has 2 aliphatic rings. The summed E-state index contributed by atoms with van der Waals surface area (Å²) in [5, 5.41) is 51.5. The van der Waals surface area contributed by atoms with Gasteiger partial charge in [0.2, 0.25) is 11.8 Å². The van der Waals surface area contributed by atoms with E-state index >= 15 is 0 Å². The predicted octanol–water partition coefficient (Wildman–Crippen LogP) is 3.59. The van der Waals surface area contributed by atoms with Crippen LogP contribution in [-0.4, -0.2) is 63.6 Å². The number of aliphatic hydroxyl groups excluding tert-OH is 2. The van der Waals surface area contributed by atoms with E-state index in [0.717, 1.165) is 28.9 Å². The molecular formula is C36H40BNO8. The molecule has 1 fully saturated rings. The summed E-state index contributed by atoms with van der Waals surface area (Å²) in [5.74, 6) is -2.62. The number of ether oxygens (including phenoxy) is 1. The van der Waals surface area contributed by atoms with Gasteiger partial charge in [-0.05, 0) is 84.3 Å². The van der Waals surface area contributed by atoms with Gasteiger partial charge in [0.05, 0.1) is 30.2 Å². The van der Waals surface area contributed by atoms with Crippen LogP contribution in [0.2, 0.25) is 0 Å². The first-order valence-electron chi connectivity index (χ1n) is 15.7. The molecule has 3 aromatic carbocycles. The van der Waals surface area contributed by atoms with Crippen LogP contribution >= 0.6 is 0 Å². The Balaban J connectivity index is 1.46. The summed E-state index contributed by atoms with van der Waals surface area (Å²) in [7, 11) is -1.77. The average Bonchev–Trinajstić information content (AvgIpc) is 3.31. The predicted molar refractivity (Wildman–Crippen MR) is 176 cm³/mol. The summed E-state index contributed by atoms with van der Waals surface area (Å²) < 4.78 is 6.09. The summed E-state index contributed by atoms with van der Waals surface area (Å²) in [5.41, 5.74) is 3.63. The zero-order valence-electron chi connectivity index (χ0n) is 25.8. The molecule has 0 aromatic heterocycles. The maximum atomic E-state index is 13.9. The minimum Gasteiger partial charge on any atom is -0.508 e. The number of benzene rings is 3. The lowest BCUT2D eigenvalue weighted by Crippen LogP contribution is -2.40. The molecule has 1 saturated heterocycles. The Labute approximate surface area is 269 Å². The molecule has 0 unspecified atom stereocenters. The van der Waals surface area contributed by atoms with Crippen LogP contribution in [0.25, 0.3) is 6.08 Å². The highest BCUT2D eigenvalue weighted by molar-refractivity contribution is 6.58. The molecule has 5 rings (SSSR count). The van der Waals surface area contributed by atoms with Gasteiger partial charge in [-0.1, -0.05) is 67.5 Å². The standard InChI is InChI=1S/C36H40BNO8/c1-2-7-23(18-24-12-15-28(40)16-13-24)14-17-32(41)33-25(22-46-29-10-4-3-5-11-29)19-30-34(31(33)21-39)36(43)38(35(30)42)27-9-6-8-26(20-27)37(44)45/h3-6,8-13,15-16,18,20,30-32,34,39-41,44-45H,2,7,14,17,19,21-22H2,1H3/b23-18+/t30-,31+,32-,34-/m1/s1. The summed E-state index contributed by atoms with van der Waals surface area (Å²) >= 11 is 0. The number of carbonyl (C=O) groups is 2. The second-order valence-electron chi connectivity index (χ2n) is 12.0. The number of amides is 2. The molecule has 10 heteroatoms. The number of phenolic OH excluding ortho intramolecular Hbond substituents is 1. The molecule has 0 bridgehead atoms. The Morgan fingerprint density at radius 1 is 1.00 bits per heavy atom. The molecule has 46 heavy (non-hydrogen) atoms. The van der Waals surface area contributed by atoms with E-state index in [-0.39, 0.29) is 29.9 Å². The molecular weight excluding hydrogens is 585 g/mol. The quantitative estimate of drug-likeness (QED) is 0.110. The van der Waals surface area contributed by atoms with Crippen molar-refractivity contribution >= 4 is 36.2 Å². The van der Waals surface area contributed by atoms with Crippen molar-refractivity contribution < 1.29 is 39.7 Å². The number of aliphatic hydroxyl groups is 2. The fourth-order valence-corrected chi connectivity index (χ4v) is 6.73. The third-order valence-electron chi connectivity index (χ3n) is 8.90. The first-order chi connectivity index (χ1) is 22.2. The molecule has 5 N–H and O–H groups in total. The van der Waals surface area contributed by atoms with Crippen molar-refractivity contribution in [3.63, 3.8) is 0 Å². The Morgan fingerprint density at radius 3 is 2.41 bits per heavy atom. The summed E-state index contributed by atoms with van der Waals surface area (Å²) in [4.78, 5) is 28.8. The fourth-order valence-electron chi connectivity index (χ4n) is 6.73. The number of nitrogens with zero attached hydrogens (tertiary/aromatic N) is 1. The molecule has 0 saturated carbocycles. The van der Waals surface area contributed by atoms with Crippen molar-refractivity contribution in [3.8, 4) is 11.5 Å². The van der Waals surface area contributed by atoms with Gasteiger partial charge in [-0.3, -0.25) is 14.5 Å². The highest BCUT2D eigenvalue weighted by Crippen LogP contribution is 2.47. The van der Waals surface area contributed by atoms with E-state index in [2.05, 4.69) is 13.0 Å². The normalized spacial score (nSPS) is 20.6. The molecule has 0 radical (unpaired) electrons. The van der Waals surface area contributed by atoms with Crippen LogP contribution in [-0.2, 0) is 9.59 Å². The highest BCUT2D eigenvalue weighted by Gasteiger charge is 2.55. The van der Waals surface area contributed by atoms with E-state index in [1.807, 2.05) is 42.5 Å². The van der Waals surface area contributed by atoms with E-state index in [4.69, 9.17) is 4.74 Å². The number of phenols is 1. The van der Waals surface area contributed by atoms with Gasteiger partial charge in [0.15, 0.2) is 0 Å². The summed E-state index contributed by atoms with van der Waals surface area (Å²) in [6.07, 6.45) is 3.85. The van der Waals surface area contributed by atoms with Gasteiger partial charge < -0.3 is 30.1 Å². The molecule has 1 aliphatic heterocycles. The van der Waals surface area contributed by atoms with E-state index in [1.54, 1.807) is 24.3 Å². The summed E-state index contributed by atoms with van der Waals surface area (Å²) in [6, 6.07) is 22.1. The van der Waals surface area contributed by atoms with Gasteiger partial charge in [-0.2, -0.15) is 0 Å². The average molecular weight is 626 g/mol. The van der Waals surface area contributed by atoms with Crippen molar-refractivity contribution in [1.82, 2.24) is 0 Å². The highest BCUT2D eigenvalue weighted by atomic mass is 16.5. The molecule has 1 aliphatic carbocycles. The van der Waals surface area contributed by atoms with E-state index < -0.39 is 49.4 Å². The lowest BCUT2D eigenvalue weighted by molar-refractivity contribution is -0.123. The van der Waals surface area contributed by atoms with Crippen molar-refractivity contribution in [1.29, 1.82) is 0 Å². The Morgan fingerprint density at radius 2 is 1.74 bits per heavy atom. The van der Waals surface area contributed by atoms with Gasteiger partial charge in [-0.15, -0.1) is 0 Å². The third-order valence-corrected chi connectivity index (χ3v) is 8.90. The van der Waals surface area contributed by atoms with Gasteiger partial charge in [0.25, 0.3) is 0 Å². The van der Waals surface area contributed by atoms with Crippen molar-refractivity contribution in [2.75, 3.05) is 18.1 Å². The number of rotatable bonds is 13. The van der Waals surface area contributed by atoms with Crippen LogP contribution in [0.1, 0.15) is 44.6 Å². The minimum atomic E-state index is -1.77. The monoisotopic (exact) mass is 625 g/mol. The van der Waals surface area contributed by atoms with Crippen molar-refractivity contribution in [2.45, 2.75) is 45.1 Å². The Bertz CT molecular complexity index is 1590. The number of allylic oxidation sites excluding steroid dienone is 1. The van der Waals surface area contributed by atoms with Crippen LogP contribution in [0.3, 0.4) is 0 Å². The van der Waals surface area contributed by atoms with E-state index in [9.17, 15) is 35.0 Å². The molecule has 2 amide bonds. The van der Waals surface area contributed by atoms with Gasteiger partial charge in [-0.25, -0.2) is 0 Å².